The molecule has 4 rings (SSSR count). The lowest BCUT2D eigenvalue weighted by Gasteiger charge is -2.32. The van der Waals surface area contributed by atoms with Crippen molar-refractivity contribution >= 4 is 16.8 Å². The summed E-state index contributed by atoms with van der Waals surface area (Å²) in [6.45, 7) is 1.03. The molecule has 3 heterocycles. The molecule has 1 amide bonds. The maximum absolute atomic E-state index is 12.5. The predicted octanol–water partition coefficient (Wildman–Crippen LogP) is 1.85. The van der Waals surface area contributed by atoms with Gasteiger partial charge in [0.2, 0.25) is 11.8 Å². The van der Waals surface area contributed by atoms with Crippen LogP contribution in [0.5, 0.6) is 5.88 Å². The molecule has 0 unspecified atom stereocenters. The van der Waals surface area contributed by atoms with E-state index in [4.69, 9.17) is 9.47 Å². The number of aromatic amines is 1. The molecule has 0 bridgehead atoms. The summed E-state index contributed by atoms with van der Waals surface area (Å²) in [5.74, 6) is 0.461. The number of amides is 1. The van der Waals surface area contributed by atoms with Crippen molar-refractivity contribution in [3.63, 3.8) is 0 Å². The van der Waals surface area contributed by atoms with E-state index in [0.717, 1.165) is 16.6 Å². The monoisotopic (exact) mass is 352 g/mol. The Hall–Kier alpha value is -2.93. The fourth-order valence-corrected chi connectivity index (χ4v) is 3.13. The molecule has 0 spiro atoms. The standard InChI is InChI=1S/C19H20N4O3/c24-18(11-15-13-5-1-2-6-14(13)22-23-15)21-16-12-25-10-8-17(16)26-19-7-3-4-9-20-19/h1-7,9,16-17H,8,10-12H2,(H,21,24)(H,22,23)/t16-,17-/m1/s1. The number of para-hydroxylation sites is 1. The highest BCUT2D eigenvalue weighted by molar-refractivity contribution is 5.87. The molecule has 1 fully saturated rings. The number of nitrogens with one attached hydrogen (secondary N) is 2. The van der Waals surface area contributed by atoms with Crippen LogP contribution in [0.25, 0.3) is 10.9 Å². The number of ether oxygens (including phenoxy) is 2. The Kier molecular flexibility index (Phi) is 4.79. The van der Waals surface area contributed by atoms with Crippen LogP contribution in [0.15, 0.2) is 48.7 Å². The molecule has 0 saturated carbocycles. The van der Waals surface area contributed by atoms with Crippen molar-refractivity contribution < 1.29 is 14.3 Å². The van der Waals surface area contributed by atoms with Crippen molar-refractivity contribution in [2.75, 3.05) is 13.2 Å². The van der Waals surface area contributed by atoms with Gasteiger partial charge in [0.1, 0.15) is 6.10 Å². The molecule has 2 aromatic heterocycles. The maximum Gasteiger partial charge on any atom is 0.226 e. The van der Waals surface area contributed by atoms with Crippen LogP contribution in [-0.4, -0.2) is 46.4 Å². The van der Waals surface area contributed by atoms with Crippen molar-refractivity contribution in [2.45, 2.75) is 25.0 Å². The summed E-state index contributed by atoms with van der Waals surface area (Å²) >= 11 is 0. The summed E-state index contributed by atoms with van der Waals surface area (Å²) in [5.41, 5.74) is 1.66. The van der Waals surface area contributed by atoms with Gasteiger partial charge in [-0.3, -0.25) is 9.89 Å². The number of fused-ring (bicyclic) bond motifs is 1. The molecule has 7 heteroatoms. The first-order valence-electron chi connectivity index (χ1n) is 8.66. The van der Waals surface area contributed by atoms with Gasteiger partial charge in [-0.1, -0.05) is 24.3 Å². The molecular formula is C19H20N4O3. The van der Waals surface area contributed by atoms with E-state index in [2.05, 4.69) is 20.5 Å². The smallest absolute Gasteiger partial charge is 0.226 e. The van der Waals surface area contributed by atoms with Crippen LogP contribution >= 0.6 is 0 Å². The van der Waals surface area contributed by atoms with Crippen LogP contribution in [0, 0.1) is 0 Å². The van der Waals surface area contributed by atoms with Gasteiger partial charge in [0.15, 0.2) is 0 Å². The fourth-order valence-electron chi connectivity index (χ4n) is 3.13. The number of benzene rings is 1. The van der Waals surface area contributed by atoms with Crippen LogP contribution in [0.2, 0.25) is 0 Å². The van der Waals surface area contributed by atoms with Crippen molar-refractivity contribution in [3.8, 4) is 5.88 Å². The van der Waals surface area contributed by atoms with Gasteiger partial charge in [-0.2, -0.15) is 5.10 Å². The van der Waals surface area contributed by atoms with Gasteiger partial charge in [-0.25, -0.2) is 4.98 Å². The van der Waals surface area contributed by atoms with Gasteiger partial charge < -0.3 is 14.8 Å². The molecule has 1 aliphatic rings. The summed E-state index contributed by atoms with van der Waals surface area (Å²) in [5, 5.41) is 11.2. The van der Waals surface area contributed by atoms with E-state index < -0.39 is 0 Å². The third kappa shape index (κ3) is 3.67. The van der Waals surface area contributed by atoms with E-state index in [1.807, 2.05) is 42.5 Å². The minimum absolute atomic E-state index is 0.0930. The minimum atomic E-state index is -0.215. The Morgan fingerprint density at radius 1 is 1.27 bits per heavy atom. The Morgan fingerprint density at radius 2 is 2.15 bits per heavy atom. The van der Waals surface area contributed by atoms with Crippen molar-refractivity contribution in [3.05, 3.63) is 54.4 Å². The third-order valence-corrected chi connectivity index (χ3v) is 4.43. The Balaban J connectivity index is 1.41. The molecule has 1 saturated heterocycles. The zero-order chi connectivity index (χ0) is 17.8. The number of carbonyl (C=O) groups is 1. The van der Waals surface area contributed by atoms with Crippen LogP contribution in [-0.2, 0) is 16.0 Å². The predicted molar refractivity (Wildman–Crippen MR) is 95.8 cm³/mol. The normalized spacial score (nSPS) is 20.0. The third-order valence-electron chi connectivity index (χ3n) is 4.43. The number of hydrogen-bond donors (Lipinski definition) is 2. The van der Waals surface area contributed by atoms with Crippen LogP contribution in [0.4, 0.5) is 0 Å². The Morgan fingerprint density at radius 3 is 3.04 bits per heavy atom. The highest BCUT2D eigenvalue weighted by Gasteiger charge is 2.29. The quantitative estimate of drug-likeness (QED) is 0.732. The van der Waals surface area contributed by atoms with Gasteiger partial charge in [0.05, 0.1) is 36.9 Å². The molecule has 3 aromatic rings. The average molecular weight is 352 g/mol. The Bertz CT molecular complexity index is 881. The molecule has 134 valence electrons. The van der Waals surface area contributed by atoms with Gasteiger partial charge >= 0.3 is 0 Å². The average Bonchev–Trinajstić information content (AvgIpc) is 3.07. The molecule has 7 nitrogen and oxygen atoms in total. The van der Waals surface area contributed by atoms with Crippen LogP contribution < -0.4 is 10.1 Å². The summed E-state index contributed by atoms with van der Waals surface area (Å²) < 4.78 is 11.5. The van der Waals surface area contributed by atoms with Crippen molar-refractivity contribution in [1.29, 1.82) is 0 Å². The molecule has 26 heavy (non-hydrogen) atoms. The number of carbonyl (C=O) groups excluding carboxylic acids is 1. The zero-order valence-corrected chi connectivity index (χ0v) is 14.2. The number of nitrogens with zero attached hydrogens (tertiary/aromatic N) is 2. The molecule has 1 aromatic carbocycles. The van der Waals surface area contributed by atoms with Gasteiger partial charge in [-0.05, 0) is 12.1 Å². The largest absolute Gasteiger partial charge is 0.472 e. The van der Waals surface area contributed by atoms with Crippen LogP contribution in [0.1, 0.15) is 12.1 Å². The first-order chi connectivity index (χ1) is 12.8. The lowest BCUT2D eigenvalue weighted by molar-refractivity contribution is -0.123. The zero-order valence-electron chi connectivity index (χ0n) is 14.2. The minimum Gasteiger partial charge on any atom is -0.472 e. The lowest BCUT2D eigenvalue weighted by atomic mass is 10.1. The van der Waals surface area contributed by atoms with E-state index in [-0.39, 0.29) is 24.5 Å². The van der Waals surface area contributed by atoms with E-state index >= 15 is 0 Å². The van der Waals surface area contributed by atoms with E-state index in [1.165, 1.54) is 0 Å². The molecule has 2 atom stereocenters. The first kappa shape index (κ1) is 16.5. The number of aromatic nitrogens is 3. The molecular weight excluding hydrogens is 332 g/mol. The van der Waals surface area contributed by atoms with Crippen molar-refractivity contribution in [1.82, 2.24) is 20.5 Å². The van der Waals surface area contributed by atoms with E-state index in [1.54, 1.807) is 6.20 Å². The Labute approximate surface area is 150 Å². The van der Waals surface area contributed by atoms with Gasteiger partial charge in [0.25, 0.3) is 0 Å². The topological polar surface area (TPSA) is 89.1 Å². The number of H-pyrrole nitrogens is 1. The van der Waals surface area contributed by atoms with E-state index in [9.17, 15) is 4.79 Å². The maximum atomic E-state index is 12.5. The second-order valence-corrected chi connectivity index (χ2v) is 6.26. The fraction of sp³-hybridized carbons (Fsp3) is 0.316. The summed E-state index contributed by atoms with van der Waals surface area (Å²) in [7, 11) is 0. The molecule has 0 aliphatic carbocycles. The first-order valence-corrected chi connectivity index (χ1v) is 8.66. The van der Waals surface area contributed by atoms with Gasteiger partial charge in [0, 0.05) is 24.1 Å². The second kappa shape index (κ2) is 7.53. The van der Waals surface area contributed by atoms with Gasteiger partial charge in [-0.15, -0.1) is 0 Å². The number of rotatable bonds is 5. The number of hydrogen-bond acceptors (Lipinski definition) is 5. The van der Waals surface area contributed by atoms with Crippen LogP contribution in [0.3, 0.4) is 0 Å². The highest BCUT2D eigenvalue weighted by Crippen LogP contribution is 2.18. The highest BCUT2D eigenvalue weighted by atomic mass is 16.5. The molecule has 1 aliphatic heterocycles. The summed E-state index contributed by atoms with van der Waals surface area (Å²) in [6, 6.07) is 13.0. The summed E-state index contributed by atoms with van der Waals surface area (Å²) in [4.78, 5) is 16.7. The molecule has 2 N–H and O–H groups in total. The number of pyridine rings is 1. The SMILES string of the molecule is O=C(Cc1[nH]nc2ccccc12)N[C@@H]1COCC[C@H]1Oc1ccccn1. The molecule has 0 radical (unpaired) electrons. The van der Waals surface area contributed by atoms with Crippen molar-refractivity contribution in [2.24, 2.45) is 0 Å². The second-order valence-electron chi connectivity index (χ2n) is 6.26. The summed E-state index contributed by atoms with van der Waals surface area (Å²) in [6.07, 6.45) is 2.45. The lowest BCUT2D eigenvalue weighted by Crippen LogP contribution is -2.52. The van der Waals surface area contributed by atoms with E-state index in [0.29, 0.717) is 25.5 Å².